The van der Waals surface area contributed by atoms with Gasteiger partial charge in [-0.15, -0.1) is 0 Å². The van der Waals surface area contributed by atoms with Crippen molar-refractivity contribution in [3.05, 3.63) is 85.7 Å². The minimum absolute atomic E-state index is 0.119. The van der Waals surface area contributed by atoms with Gasteiger partial charge in [-0.3, -0.25) is 24.6 Å². The Kier molecular flexibility index (Phi) is 6.55. The van der Waals surface area contributed by atoms with E-state index in [1.165, 1.54) is 30.7 Å². The van der Waals surface area contributed by atoms with Crippen molar-refractivity contribution < 1.29 is 9.72 Å². The van der Waals surface area contributed by atoms with Crippen LogP contribution in [-0.2, 0) is 13.1 Å². The van der Waals surface area contributed by atoms with Crippen molar-refractivity contribution in [3.63, 3.8) is 0 Å². The Morgan fingerprint density at radius 1 is 1.12 bits per heavy atom. The highest BCUT2D eigenvalue weighted by atomic mass is 16.6. The molecule has 0 bridgehead atoms. The number of rotatable bonds is 6. The van der Waals surface area contributed by atoms with E-state index in [-0.39, 0.29) is 11.3 Å². The molecule has 1 saturated heterocycles. The van der Waals surface area contributed by atoms with E-state index in [0.29, 0.717) is 29.3 Å². The standard InChI is InChI=1S/C25H28N4O4/c1-16-9-17(2)14-28(13-16)15-19-6-4-3-5-18(19)12-26-25(31)22-11-24(30)27-23-8-7-20(29(32)33)10-21(22)23/h3-8,10-11,16-17H,9,12-15H2,1-2H3,(H,26,31)(H,27,30). The molecule has 0 radical (unpaired) electrons. The first-order valence-electron chi connectivity index (χ1n) is 11.2. The number of amides is 1. The molecule has 2 N–H and O–H groups in total. The lowest BCUT2D eigenvalue weighted by molar-refractivity contribution is -0.384. The van der Waals surface area contributed by atoms with E-state index in [4.69, 9.17) is 0 Å². The molecule has 0 saturated carbocycles. The van der Waals surface area contributed by atoms with E-state index >= 15 is 0 Å². The predicted molar refractivity (Wildman–Crippen MR) is 127 cm³/mol. The Labute approximate surface area is 191 Å². The summed E-state index contributed by atoms with van der Waals surface area (Å²) in [6.45, 7) is 7.80. The van der Waals surface area contributed by atoms with Crippen molar-refractivity contribution >= 4 is 22.5 Å². The van der Waals surface area contributed by atoms with Crippen molar-refractivity contribution in [1.29, 1.82) is 0 Å². The number of likely N-dealkylation sites (tertiary alicyclic amines) is 1. The lowest BCUT2D eigenvalue weighted by atomic mass is 9.91. The molecule has 0 spiro atoms. The number of benzene rings is 2. The molecular formula is C25H28N4O4. The highest BCUT2D eigenvalue weighted by molar-refractivity contribution is 6.06. The maximum absolute atomic E-state index is 13.0. The van der Waals surface area contributed by atoms with E-state index < -0.39 is 16.4 Å². The van der Waals surface area contributed by atoms with Gasteiger partial charge in [0.2, 0.25) is 5.56 Å². The maximum atomic E-state index is 13.0. The zero-order valence-electron chi connectivity index (χ0n) is 18.8. The summed E-state index contributed by atoms with van der Waals surface area (Å²) >= 11 is 0. The van der Waals surface area contributed by atoms with Gasteiger partial charge in [-0.2, -0.15) is 0 Å². The van der Waals surface area contributed by atoms with Crippen LogP contribution in [0.4, 0.5) is 5.69 Å². The Morgan fingerprint density at radius 3 is 2.52 bits per heavy atom. The number of hydrogen-bond donors (Lipinski definition) is 2. The summed E-state index contributed by atoms with van der Waals surface area (Å²) < 4.78 is 0. The molecule has 1 aromatic heterocycles. The second-order valence-corrected chi connectivity index (χ2v) is 9.13. The van der Waals surface area contributed by atoms with Crippen LogP contribution in [0.5, 0.6) is 0 Å². The normalized spacial score (nSPS) is 18.8. The monoisotopic (exact) mass is 448 g/mol. The van der Waals surface area contributed by atoms with Gasteiger partial charge >= 0.3 is 0 Å². The van der Waals surface area contributed by atoms with Crippen LogP contribution in [0.1, 0.15) is 41.8 Å². The molecule has 2 atom stereocenters. The Bertz CT molecular complexity index is 1240. The minimum Gasteiger partial charge on any atom is -0.348 e. The third-order valence-electron chi connectivity index (χ3n) is 6.18. The number of pyridine rings is 1. The lowest BCUT2D eigenvalue weighted by Crippen LogP contribution is -2.38. The Balaban J connectivity index is 1.54. The van der Waals surface area contributed by atoms with Gasteiger partial charge in [-0.05, 0) is 35.4 Å². The first-order valence-corrected chi connectivity index (χ1v) is 11.2. The number of fused-ring (bicyclic) bond motifs is 1. The topological polar surface area (TPSA) is 108 Å². The fraction of sp³-hybridized carbons (Fsp3) is 0.360. The fourth-order valence-electron chi connectivity index (χ4n) is 4.86. The van der Waals surface area contributed by atoms with Crippen LogP contribution in [0.15, 0.2) is 53.3 Å². The highest BCUT2D eigenvalue weighted by Crippen LogP contribution is 2.24. The number of aromatic amines is 1. The summed E-state index contributed by atoms with van der Waals surface area (Å²) in [5.74, 6) is 0.880. The number of non-ortho nitro benzene ring substituents is 1. The Hall–Kier alpha value is -3.52. The van der Waals surface area contributed by atoms with Gasteiger partial charge in [0.25, 0.3) is 11.6 Å². The van der Waals surface area contributed by atoms with Gasteiger partial charge in [-0.25, -0.2) is 0 Å². The predicted octanol–water partition coefficient (Wildman–Crippen LogP) is 3.84. The van der Waals surface area contributed by atoms with E-state index in [1.54, 1.807) is 0 Å². The van der Waals surface area contributed by atoms with Crippen LogP contribution >= 0.6 is 0 Å². The summed E-state index contributed by atoms with van der Waals surface area (Å²) in [4.78, 5) is 40.8. The van der Waals surface area contributed by atoms with Crippen LogP contribution < -0.4 is 10.9 Å². The fourth-order valence-corrected chi connectivity index (χ4v) is 4.86. The van der Waals surface area contributed by atoms with E-state index in [9.17, 15) is 19.7 Å². The molecule has 33 heavy (non-hydrogen) atoms. The minimum atomic E-state index is -0.523. The molecule has 172 valence electrons. The van der Waals surface area contributed by atoms with Crippen molar-refractivity contribution in [2.24, 2.45) is 11.8 Å². The number of nitro benzene ring substituents is 1. The lowest BCUT2D eigenvalue weighted by Gasteiger charge is -2.35. The first-order chi connectivity index (χ1) is 15.8. The van der Waals surface area contributed by atoms with Crippen molar-refractivity contribution in [2.75, 3.05) is 13.1 Å². The molecule has 1 aliphatic rings. The van der Waals surface area contributed by atoms with E-state index in [2.05, 4.69) is 35.1 Å². The summed E-state index contributed by atoms with van der Waals surface area (Å²) in [5, 5.41) is 14.4. The maximum Gasteiger partial charge on any atom is 0.270 e. The second-order valence-electron chi connectivity index (χ2n) is 9.13. The number of H-pyrrole nitrogens is 1. The number of carbonyl (C=O) groups excluding carboxylic acids is 1. The largest absolute Gasteiger partial charge is 0.348 e. The van der Waals surface area contributed by atoms with Gasteiger partial charge < -0.3 is 10.3 Å². The van der Waals surface area contributed by atoms with Crippen molar-refractivity contribution in [1.82, 2.24) is 15.2 Å². The van der Waals surface area contributed by atoms with E-state index in [1.807, 2.05) is 18.2 Å². The average Bonchev–Trinajstić information content (AvgIpc) is 2.76. The molecule has 8 nitrogen and oxygen atoms in total. The summed E-state index contributed by atoms with van der Waals surface area (Å²) in [5.41, 5.74) is 2.09. The number of nitro groups is 1. The Morgan fingerprint density at radius 2 is 1.82 bits per heavy atom. The molecule has 2 heterocycles. The molecule has 0 aliphatic carbocycles. The number of aromatic nitrogens is 1. The number of piperidine rings is 1. The number of hydrogen-bond acceptors (Lipinski definition) is 5. The van der Waals surface area contributed by atoms with Gasteiger partial charge in [0.15, 0.2) is 0 Å². The van der Waals surface area contributed by atoms with Crippen LogP contribution in [-0.4, -0.2) is 33.8 Å². The molecule has 1 amide bonds. The quantitative estimate of drug-likeness (QED) is 0.440. The second kappa shape index (κ2) is 9.54. The highest BCUT2D eigenvalue weighted by Gasteiger charge is 2.22. The van der Waals surface area contributed by atoms with Crippen molar-refractivity contribution in [3.8, 4) is 0 Å². The van der Waals surface area contributed by atoms with Crippen molar-refractivity contribution in [2.45, 2.75) is 33.4 Å². The van der Waals surface area contributed by atoms with Gasteiger partial charge in [0, 0.05) is 55.3 Å². The van der Waals surface area contributed by atoms with Crippen LogP contribution in [0.25, 0.3) is 10.9 Å². The molecule has 8 heteroatoms. The molecule has 1 fully saturated rings. The van der Waals surface area contributed by atoms with Gasteiger partial charge in [0.05, 0.1) is 10.5 Å². The van der Waals surface area contributed by atoms with Gasteiger partial charge in [0.1, 0.15) is 0 Å². The number of nitrogens with zero attached hydrogens (tertiary/aromatic N) is 2. The number of carbonyl (C=O) groups is 1. The SMILES string of the molecule is CC1CC(C)CN(Cc2ccccc2CNC(=O)c2cc(=O)[nH]c3ccc([N+](=O)[O-])cc23)C1. The van der Waals surface area contributed by atoms with Crippen LogP contribution in [0, 0.1) is 22.0 Å². The summed E-state index contributed by atoms with van der Waals surface area (Å²) in [7, 11) is 0. The first kappa shape index (κ1) is 22.7. The third kappa shape index (κ3) is 5.28. The third-order valence-corrected chi connectivity index (χ3v) is 6.18. The molecule has 2 unspecified atom stereocenters. The zero-order chi connectivity index (χ0) is 23.5. The smallest absolute Gasteiger partial charge is 0.270 e. The summed E-state index contributed by atoms with van der Waals surface area (Å²) in [6.07, 6.45) is 1.25. The number of nitrogens with one attached hydrogen (secondary N) is 2. The summed E-state index contributed by atoms with van der Waals surface area (Å²) in [6, 6.07) is 13.3. The molecule has 3 aromatic rings. The van der Waals surface area contributed by atoms with Gasteiger partial charge in [-0.1, -0.05) is 38.1 Å². The average molecular weight is 449 g/mol. The molecular weight excluding hydrogens is 420 g/mol. The molecule has 4 rings (SSSR count). The van der Waals surface area contributed by atoms with Crippen LogP contribution in [0.2, 0.25) is 0 Å². The van der Waals surface area contributed by atoms with E-state index in [0.717, 1.165) is 30.8 Å². The molecule has 2 aromatic carbocycles. The molecule has 1 aliphatic heterocycles. The zero-order valence-corrected chi connectivity index (χ0v) is 18.8. The van der Waals surface area contributed by atoms with Crippen LogP contribution in [0.3, 0.4) is 0 Å².